The number of hydrogen-bond donors (Lipinski definition) is 0. The monoisotopic (exact) mass is 169 g/mol. The van der Waals surface area contributed by atoms with Crippen LogP contribution in [0.4, 0.5) is 4.79 Å². The summed E-state index contributed by atoms with van der Waals surface area (Å²) in [6.45, 7) is 4.20. The summed E-state index contributed by atoms with van der Waals surface area (Å²) < 4.78 is 4.56. The van der Waals surface area contributed by atoms with Crippen LogP contribution in [0.15, 0.2) is 12.8 Å². The number of likely N-dealkylation sites (tertiary alicyclic amines) is 1. The molecule has 1 aliphatic heterocycles. The van der Waals surface area contributed by atoms with Gasteiger partial charge in [0.1, 0.15) is 5.78 Å². The minimum absolute atomic E-state index is 0.206. The average molecular weight is 169 g/mol. The topological polar surface area (TPSA) is 46.6 Å². The van der Waals surface area contributed by atoms with Crippen LogP contribution in [0.3, 0.4) is 0 Å². The molecule has 0 unspecified atom stereocenters. The molecule has 1 saturated heterocycles. The highest BCUT2D eigenvalue weighted by molar-refractivity contribution is 5.81. The van der Waals surface area contributed by atoms with Gasteiger partial charge in [0.05, 0.1) is 6.26 Å². The first-order valence-electron chi connectivity index (χ1n) is 3.82. The Labute approximate surface area is 70.8 Å². The molecule has 4 heteroatoms. The Morgan fingerprint density at radius 1 is 1.50 bits per heavy atom. The summed E-state index contributed by atoms with van der Waals surface area (Å²) in [6, 6.07) is 0. The van der Waals surface area contributed by atoms with Crippen LogP contribution in [-0.2, 0) is 9.53 Å². The first kappa shape index (κ1) is 8.77. The smallest absolute Gasteiger partial charge is 0.414 e. The fourth-order valence-electron chi connectivity index (χ4n) is 1.08. The molecule has 0 bridgehead atoms. The van der Waals surface area contributed by atoms with Crippen molar-refractivity contribution >= 4 is 11.9 Å². The minimum atomic E-state index is -0.419. The molecule has 0 spiro atoms. The standard InChI is InChI=1S/C8H11NO3/c1-2-12-8(11)9-5-3-7(10)4-6-9/h2H,1,3-6H2. The molecule has 1 heterocycles. The zero-order chi connectivity index (χ0) is 8.97. The highest BCUT2D eigenvalue weighted by Crippen LogP contribution is 2.06. The van der Waals surface area contributed by atoms with Gasteiger partial charge in [0, 0.05) is 25.9 Å². The van der Waals surface area contributed by atoms with E-state index in [0.717, 1.165) is 6.26 Å². The predicted molar refractivity (Wildman–Crippen MR) is 42.5 cm³/mol. The Morgan fingerprint density at radius 2 is 2.08 bits per heavy atom. The summed E-state index contributed by atoms with van der Waals surface area (Å²) in [5, 5.41) is 0. The molecule has 0 saturated carbocycles. The lowest BCUT2D eigenvalue weighted by Gasteiger charge is -2.24. The van der Waals surface area contributed by atoms with Crippen molar-refractivity contribution in [3.05, 3.63) is 12.8 Å². The molecule has 66 valence electrons. The molecule has 4 nitrogen and oxygen atoms in total. The van der Waals surface area contributed by atoms with Gasteiger partial charge in [0.25, 0.3) is 0 Å². The van der Waals surface area contributed by atoms with E-state index in [1.54, 1.807) is 0 Å². The van der Waals surface area contributed by atoms with Crippen molar-refractivity contribution in [2.24, 2.45) is 0 Å². The van der Waals surface area contributed by atoms with Crippen molar-refractivity contribution in [1.82, 2.24) is 4.90 Å². The number of ketones is 1. The summed E-state index contributed by atoms with van der Waals surface area (Å²) in [5.74, 6) is 0.206. The third kappa shape index (κ3) is 2.08. The summed E-state index contributed by atoms with van der Waals surface area (Å²) >= 11 is 0. The molecule has 1 fully saturated rings. The van der Waals surface area contributed by atoms with Gasteiger partial charge in [-0.15, -0.1) is 0 Å². The van der Waals surface area contributed by atoms with E-state index in [2.05, 4.69) is 11.3 Å². The van der Waals surface area contributed by atoms with E-state index in [0.29, 0.717) is 25.9 Å². The van der Waals surface area contributed by atoms with Gasteiger partial charge in [-0.05, 0) is 0 Å². The van der Waals surface area contributed by atoms with Gasteiger partial charge >= 0.3 is 6.09 Å². The highest BCUT2D eigenvalue weighted by Gasteiger charge is 2.20. The fourth-order valence-corrected chi connectivity index (χ4v) is 1.08. The number of ether oxygens (including phenoxy) is 1. The van der Waals surface area contributed by atoms with E-state index in [-0.39, 0.29) is 5.78 Å². The second-order valence-electron chi connectivity index (χ2n) is 2.58. The van der Waals surface area contributed by atoms with Crippen molar-refractivity contribution < 1.29 is 14.3 Å². The summed E-state index contributed by atoms with van der Waals surface area (Å²) in [4.78, 5) is 23.3. The van der Waals surface area contributed by atoms with Crippen LogP contribution in [0.5, 0.6) is 0 Å². The average Bonchev–Trinajstić information content (AvgIpc) is 2.06. The van der Waals surface area contributed by atoms with Crippen molar-refractivity contribution in [3.63, 3.8) is 0 Å². The maximum absolute atomic E-state index is 11.0. The first-order valence-corrected chi connectivity index (χ1v) is 3.82. The zero-order valence-electron chi connectivity index (χ0n) is 6.78. The number of carbonyl (C=O) groups excluding carboxylic acids is 2. The molecule has 0 atom stereocenters. The van der Waals surface area contributed by atoms with Gasteiger partial charge in [-0.2, -0.15) is 0 Å². The van der Waals surface area contributed by atoms with Crippen LogP contribution in [0.2, 0.25) is 0 Å². The van der Waals surface area contributed by atoms with E-state index in [1.807, 2.05) is 0 Å². The van der Waals surface area contributed by atoms with Crippen molar-refractivity contribution in [3.8, 4) is 0 Å². The molecule has 1 rings (SSSR count). The largest absolute Gasteiger partial charge is 0.419 e. The molecule has 0 aromatic carbocycles. The van der Waals surface area contributed by atoms with Crippen molar-refractivity contribution in [2.45, 2.75) is 12.8 Å². The molecule has 12 heavy (non-hydrogen) atoms. The Balaban J connectivity index is 2.38. The van der Waals surface area contributed by atoms with Gasteiger partial charge < -0.3 is 9.64 Å². The molecule has 0 radical (unpaired) electrons. The maximum atomic E-state index is 11.0. The van der Waals surface area contributed by atoms with Gasteiger partial charge in [0.2, 0.25) is 0 Å². The summed E-state index contributed by atoms with van der Waals surface area (Å²) in [7, 11) is 0. The van der Waals surface area contributed by atoms with Crippen molar-refractivity contribution in [2.75, 3.05) is 13.1 Å². The Morgan fingerprint density at radius 3 is 2.58 bits per heavy atom. The second-order valence-corrected chi connectivity index (χ2v) is 2.58. The normalized spacial score (nSPS) is 17.3. The number of nitrogens with zero attached hydrogens (tertiary/aromatic N) is 1. The van der Waals surface area contributed by atoms with Crippen LogP contribution in [0.1, 0.15) is 12.8 Å². The van der Waals surface area contributed by atoms with Gasteiger partial charge in [0.15, 0.2) is 0 Å². The van der Waals surface area contributed by atoms with Gasteiger partial charge in [-0.1, -0.05) is 6.58 Å². The lowest BCUT2D eigenvalue weighted by molar-refractivity contribution is -0.121. The molecule has 0 aliphatic carbocycles. The third-order valence-corrected chi connectivity index (χ3v) is 1.76. The SMILES string of the molecule is C=COC(=O)N1CCC(=O)CC1. The second kappa shape index (κ2) is 3.90. The van der Waals surface area contributed by atoms with E-state index in [1.165, 1.54) is 4.90 Å². The Kier molecular flexibility index (Phi) is 2.85. The minimum Gasteiger partial charge on any atom is -0.419 e. The lowest BCUT2D eigenvalue weighted by Crippen LogP contribution is -2.38. The molecule has 1 aliphatic rings. The maximum Gasteiger partial charge on any atom is 0.414 e. The van der Waals surface area contributed by atoms with Gasteiger partial charge in [-0.3, -0.25) is 4.79 Å². The highest BCUT2D eigenvalue weighted by atomic mass is 16.5. The fraction of sp³-hybridized carbons (Fsp3) is 0.500. The Hall–Kier alpha value is -1.32. The van der Waals surface area contributed by atoms with E-state index < -0.39 is 6.09 Å². The van der Waals surface area contributed by atoms with Gasteiger partial charge in [-0.25, -0.2) is 4.79 Å². The van der Waals surface area contributed by atoms with E-state index in [4.69, 9.17) is 0 Å². The quantitative estimate of drug-likeness (QED) is 0.548. The number of rotatable bonds is 1. The van der Waals surface area contributed by atoms with Crippen LogP contribution in [-0.4, -0.2) is 29.9 Å². The summed E-state index contributed by atoms with van der Waals surface area (Å²) in [5.41, 5.74) is 0. The molecule has 0 aromatic rings. The molecule has 0 aromatic heterocycles. The molecule has 1 amide bonds. The Bertz CT molecular complexity index is 202. The number of Topliss-reactive ketones (excluding diaryl/α,β-unsaturated/α-hetero) is 1. The van der Waals surface area contributed by atoms with E-state index >= 15 is 0 Å². The number of hydrogen-bond acceptors (Lipinski definition) is 3. The number of amides is 1. The van der Waals surface area contributed by atoms with Crippen LogP contribution in [0, 0.1) is 0 Å². The molecular formula is C8H11NO3. The number of piperidine rings is 1. The van der Waals surface area contributed by atoms with E-state index in [9.17, 15) is 9.59 Å². The van der Waals surface area contributed by atoms with Crippen LogP contribution >= 0.6 is 0 Å². The zero-order valence-corrected chi connectivity index (χ0v) is 6.78. The van der Waals surface area contributed by atoms with Crippen LogP contribution < -0.4 is 0 Å². The summed E-state index contributed by atoms with van der Waals surface area (Å²) in [6.07, 6.45) is 1.55. The van der Waals surface area contributed by atoms with Crippen molar-refractivity contribution in [1.29, 1.82) is 0 Å². The molecule has 0 N–H and O–H groups in total. The van der Waals surface area contributed by atoms with Crippen LogP contribution in [0.25, 0.3) is 0 Å². The molecular weight excluding hydrogens is 158 g/mol. The number of carbonyl (C=O) groups is 2. The predicted octanol–water partition coefficient (Wildman–Crippen LogP) is 0.931. The first-order chi connectivity index (χ1) is 5.74. The lowest BCUT2D eigenvalue weighted by atomic mass is 10.1. The third-order valence-electron chi connectivity index (χ3n) is 1.76.